The summed E-state index contributed by atoms with van der Waals surface area (Å²) in [5.41, 5.74) is 2.53. The molecule has 0 aromatic heterocycles. The van der Waals surface area contributed by atoms with Crippen molar-refractivity contribution in [3.05, 3.63) is 64.7 Å². The highest BCUT2D eigenvalue weighted by Gasteiger charge is 2.12. The van der Waals surface area contributed by atoms with Crippen molar-refractivity contribution in [2.45, 2.75) is 0 Å². The predicted molar refractivity (Wildman–Crippen MR) is 103 cm³/mol. The molecule has 2 aromatic rings. The first-order valence-corrected chi connectivity index (χ1v) is 8.65. The highest BCUT2D eigenvalue weighted by Crippen LogP contribution is 2.19. The quantitative estimate of drug-likeness (QED) is 0.660. The molecule has 0 atom stereocenters. The number of nitrogens with zero attached hydrogens (tertiary/aromatic N) is 2. The number of nitrogens with one attached hydrogen (secondary N) is 1. The minimum atomic E-state index is -0.452. The van der Waals surface area contributed by atoms with Crippen LogP contribution in [0, 0.1) is 11.3 Å². The summed E-state index contributed by atoms with van der Waals surface area (Å²) in [4.78, 5) is 14.5. The summed E-state index contributed by atoms with van der Waals surface area (Å²) in [5, 5.41) is 12.6. The van der Waals surface area contributed by atoms with Gasteiger partial charge in [-0.05, 0) is 48.0 Å². The lowest BCUT2D eigenvalue weighted by Crippen LogP contribution is -2.36. The lowest BCUT2D eigenvalue weighted by molar-refractivity contribution is -0.112. The second kappa shape index (κ2) is 8.52. The Hall–Kier alpha value is -2.81. The fraction of sp³-hybridized carbons (Fsp3) is 0.200. The number of rotatable bonds is 4. The van der Waals surface area contributed by atoms with Gasteiger partial charge in [0, 0.05) is 29.5 Å². The first-order chi connectivity index (χ1) is 12.7. The highest BCUT2D eigenvalue weighted by atomic mass is 35.5. The summed E-state index contributed by atoms with van der Waals surface area (Å²) in [6.07, 6.45) is 1.58. The van der Waals surface area contributed by atoms with Crippen LogP contribution in [0.25, 0.3) is 6.08 Å². The molecule has 1 N–H and O–H groups in total. The standard InChI is InChI=1S/C20H18ClN3O2/c21-17-3-5-18(6-4-17)23-20(25)16(14-22)13-15-1-7-19(8-2-15)24-9-11-26-12-10-24/h1-8,13H,9-12H2,(H,23,25)/b16-13+. The molecule has 0 bridgehead atoms. The van der Waals surface area contributed by atoms with Gasteiger partial charge in [-0.3, -0.25) is 4.79 Å². The highest BCUT2D eigenvalue weighted by molar-refractivity contribution is 6.30. The lowest BCUT2D eigenvalue weighted by atomic mass is 10.1. The summed E-state index contributed by atoms with van der Waals surface area (Å²) < 4.78 is 5.35. The minimum absolute atomic E-state index is 0.0408. The van der Waals surface area contributed by atoms with E-state index in [1.54, 1.807) is 30.3 Å². The van der Waals surface area contributed by atoms with Crippen molar-refractivity contribution >= 4 is 35.0 Å². The Kier molecular flexibility index (Phi) is 5.90. The maximum atomic E-state index is 12.3. The number of amides is 1. The average molecular weight is 368 g/mol. The van der Waals surface area contributed by atoms with Gasteiger partial charge < -0.3 is 15.0 Å². The van der Waals surface area contributed by atoms with Crippen molar-refractivity contribution in [2.75, 3.05) is 36.5 Å². The van der Waals surface area contributed by atoms with Gasteiger partial charge in [-0.2, -0.15) is 5.26 Å². The Morgan fingerprint density at radius 2 is 1.77 bits per heavy atom. The molecule has 0 spiro atoms. The van der Waals surface area contributed by atoms with Gasteiger partial charge >= 0.3 is 0 Å². The molecule has 1 amide bonds. The van der Waals surface area contributed by atoms with Crippen molar-refractivity contribution in [2.24, 2.45) is 0 Å². The Balaban J connectivity index is 1.70. The molecule has 0 aliphatic carbocycles. The third kappa shape index (κ3) is 4.63. The third-order valence-electron chi connectivity index (χ3n) is 4.05. The van der Waals surface area contributed by atoms with E-state index in [4.69, 9.17) is 16.3 Å². The van der Waals surface area contributed by atoms with Crippen LogP contribution in [0.15, 0.2) is 54.1 Å². The molecule has 5 nitrogen and oxygen atoms in total. The molecule has 1 aliphatic rings. The van der Waals surface area contributed by atoms with E-state index in [1.807, 2.05) is 30.3 Å². The van der Waals surface area contributed by atoms with Crippen molar-refractivity contribution < 1.29 is 9.53 Å². The Bertz CT molecular complexity index is 833. The van der Waals surface area contributed by atoms with Crippen molar-refractivity contribution in [1.29, 1.82) is 5.26 Å². The zero-order valence-corrected chi connectivity index (χ0v) is 14.9. The number of benzene rings is 2. The van der Waals surface area contributed by atoms with E-state index in [0.29, 0.717) is 10.7 Å². The Morgan fingerprint density at radius 1 is 1.12 bits per heavy atom. The molecule has 26 heavy (non-hydrogen) atoms. The molecule has 2 aromatic carbocycles. The zero-order chi connectivity index (χ0) is 18.4. The van der Waals surface area contributed by atoms with Crippen LogP contribution in [0.2, 0.25) is 5.02 Å². The van der Waals surface area contributed by atoms with Crippen LogP contribution in [0.4, 0.5) is 11.4 Å². The van der Waals surface area contributed by atoms with Crippen LogP contribution in [0.1, 0.15) is 5.56 Å². The van der Waals surface area contributed by atoms with Gasteiger partial charge in [-0.1, -0.05) is 23.7 Å². The molecule has 1 heterocycles. The molecule has 1 fully saturated rings. The molecule has 0 unspecified atom stereocenters. The van der Waals surface area contributed by atoms with Gasteiger partial charge in [-0.25, -0.2) is 0 Å². The fourth-order valence-corrected chi connectivity index (χ4v) is 2.78. The Labute approximate surface area is 157 Å². The van der Waals surface area contributed by atoms with Crippen molar-refractivity contribution in [1.82, 2.24) is 0 Å². The van der Waals surface area contributed by atoms with Crippen LogP contribution in [-0.2, 0) is 9.53 Å². The van der Waals surface area contributed by atoms with Gasteiger partial charge in [0.05, 0.1) is 13.2 Å². The lowest BCUT2D eigenvalue weighted by Gasteiger charge is -2.28. The average Bonchev–Trinajstić information content (AvgIpc) is 2.69. The van der Waals surface area contributed by atoms with Crippen molar-refractivity contribution in [3.8, 4) is 6.07 Å². The number of morpholine rings is 1. The summed E-state index contributed by atoms with van der Waals surface area (Å²) in [6, 6.07) is 16.5. The van der Waals surface area contributed by atoms with Gasteiger partial charge in [0.25, 0.3) is 5.91 Å². The number of anilines is 2. The first-order valence-electron chi connectivity index (χ1n) is 8.27. The van der Waals surface area contributed by atoms with Crippen LogP contribution in [0.3, 0.4) is 0 Å². The van der Waals surface area contributed by atoms with E-state index in [1.165, 1.54) is 0 Å². The fourth-order valence-electron chi connectivity index (χ4n) is 2.65. The van der Waals surface area contributed by atoms with E-state index in [-0.39, 0.29) is 5.57 Å². The number of hydrogen-bond donors (Lipinski definition) is 1. The number of hydrogen-bond acceptors (Lipinski definition) is 4. The molecule has 0 saturated carbocycles. The summed E-state index contributed by atoms with van der Waals surface area (Å²) in [6.45, 7) is 3.18. The number of halogens is 1. The second-order valence-corrected chi connectivity index (χ2v) is 6.26. The molecule has 1 saturated heterocycles. The molecule has 3 rings (SSSR count). The molecular formula is C20H18ClN3O2. The van der Waals surface area contributed by atoms with Crippen molar-refractivity contribution in [3.63, 3.8) is 0 Å². The van der Waals surface area contributed by atoms with E-state index in [9.17, 15) is 10.1 Å². The normalized spacial score (nSPS) is 14.6. The maximum absolute atomic E-state index is 12.3. The minimum Gasteiger partial charge on any atom is -0.378 e. The van der Waals surface area contributed by atoms with E-state index in [0.717, 1.165) is 37.6 Å². The summed E-state index contributed by atoms with van der Waals surface area (Å²) in [7, 11) is 0. The maximum Gasteiger partial charge on any atom is 0.266 e. The molecule has 1 aliphatic heterocycles. The number of nitriles is 1. The zero-order valence-electron chi connectivity index (χ0n) is 14.1. The number of carbonyl (C=O) groups is 1. The third-order valence-corrected chi connectivity index (χ3v) is 4.30. The number of ether oxygens (including phenoxy) is 1. The van der Waals surface area contributed by atoms with E-state index in [2.05, 4.69) is 10.2 Å². The Morgan fingerprint density at radius 3 is 2.38 bits per heavy atom. The second-order valence-electron chi connectivity index (χ2n) is 5.82. The summed E-state index contributed by atoms with van der Waals surface area (Å²) in [5.74, 6) is -0.452. The predicted octanol–water partition coefficient (Wildman–Crippen LogP) is 3.72. The van der Waals surface area contributed by atoms with Gasteiger partial charge in [0.1, 0.15) is 11.6 Å². The molecular weight excluding hydrogens is 350 g/mol. The number of carbonyl (C=O) groups excluding carboxylic acids is 1. The first kappa shape index (κ1) is 18.0. The molecule has 0 radical (unpaired) electrons. The van der Waals surface area contributed by atoms with Gasteiger partial charge in [0.15, 0.2) is 0 Å². The van der Waals surface area contributed by atoms with Crippen LogP contribution in [-0.4, -0.2) is 32.2 Å². The monoisotopic (exact) mass is 367 g/mol. The van der Waals surface area contributed by atoms with Crippen LogP contribution < -0.4 is 10.2 Å². The molecule has 132 valence electrons. The van der Waals surface area contributed by atoms with Gasteiger partial charge in [-0.15, -0.1) is 0 Å². The largest absolute Gasteiger partial charge is 0.378 e. The topological polar surface area (TPSA) is 65.4 Å². The van der Waals surface area contributed by atoms with Crippen LogP contribution >= 0.6 is 11.6 Å². The molecule has 6 heteroatoms. The van der Waals surface area contributed by atoms with E-state index >= 15 is 0 Å². The van der Waals surface area contributed by atoms with Gasteiger partial charge in [0.2, 0.25) is 0 Å². The van der Waals surface area contributed by atoms with Crippen LogP contribution in [0.5, 0.6) is 0 Å². The van der Waals surface area contributed by atoms with E-state index < -0.39 is 5.91 Å². The summed E-state index contributed by atoms with van der Waals surface area (Å²) >= 11 is 5.83. The SMILES string of the molecule is N#C/C(=C\c1ccc(N2CCOCC2)cc1)C(=O)Nc1ccc(Cl)cc1. The smallest absolute Gasteiger partial charge is 0.266 e.